The molecule has 1 aromatic carbocycles. The van der Waals surface area contributed by atoms with Gasteiger partial charge in [-0.2, -0.15) is 5.26 Å². The van der Waals surface area contributed by atoms with Crippen molar-refractivity contribution in [1.82, 2.24) is 15.3 Å². The van der Waals surface area contributed by atoms with E-state index in [-0.39, 0.29) is 17.8 Å². The normalized spacial score (nSPS) is 25.3. The Labute approximate surface area is 186 Å². The quantitative estimate of drug-likeness (QED) is 0.636. The fraction of sp³-hybridized carbons (Fsp3) is 0.385. The zero-order valence-corrected chi connectivity index (χ0v) is 18.0. The molecule has 2 saturated carbocycles. The highest BCUT2D eigenvalue weighted by molar-refractivity contribution is 5.92. The summed E-state index contributed by atoms with van der Waals surface area (Å²) in [6.45, 7) is 2.07. The van der Waals surface area contributed by atoms with Gasteiger partial charge in [0.05, 0.1) is 11.1 Å². The molecule has 0 spiro atoms. The third-order valence-corrected chi connectivity index (χ3v) is 7.42. The average Bonchev–Trinajstić information content (AvgIpc) is 3.38. The second kappa shape index (κ2) is 8.31. The summed E-state index contributed by atoms with van der Waals surface area (Å²) >= 11 is 0. The van der Waals surface area contributed by atoms with Crippen LogP contribution in [0.1, 0.15) is 60.1 Å². The van der Waals surface area contributed by atoms with Crippen molar-refractivity contribution in [1.29, 1.82) is 5.26 Å². The molecule has 1 amide bonds. The van der Waals surface area contributed by atoms with Crippen molar-refractivity contribution in [3.05, 3.63) is 71.4 Å². The Bertz CT molecular complexity index is 1190. The lowest BCUT2D eigenvalue weighted by Gasteiger charge is -2.22. The summed E-state index contributed by atoms with van der Waals surface area (Å²) < 4.78 is 13.9. The zero-order chi connectivity index (χ0) is 22.2. The highest BCUT2D eigenvalue weighted by Crippen LogP contribution is 2.53. The summed E-state index contributed by atoms with van der Waals surface area (Å²) in [7, 11) is 0. The summed E-state index contributed by atoms with van der Waals surface area (Å²) in [6.07, 6.45) is 7.67. The average molecular weight is 429 g/mol. The second-order valence-electron chi connectivity index (χ2n) is 9.29. The third kappa shape index (κ3) is 3.84. The number of carbonyl (C=O) groups is 1. The van der Waals surface area contributed by atoms with E-state index in [2.05, 4.69) is 28.3 Å². The Hall–Kier alpha value is -3.33. The van der Waals surface area contributed by atoms with Crippen LogP contribution in [0.25, 0.3) is 10.9 Å². The van der Waals surface area contributed by atoms with Gasteiger partial charge < -0.3 is 5.32 Å². The smallest absolute Gasteiger partial charge is 0.270 e. The standard InChI is InChI=1S/C26H25FN4O/c1-15(31-26(32)25-4-2-16(13-28)14-30-25)17-8-18-10-20(11-19(18)9-17)22-6-7-29-24-5-3-21(27)12-23(22)24/h2-7,12,14-15,17-20H,8-11H2,1H3,(H,31,32)/t15?,17-,18-,19?,20?/m1/s1. The minimum Gasteiger partial charge on any atom is -0.348 e. The van der Waals surface area contributed by atoms with Crippen LogP contribution in [0.3, 0.4) is 0 Å². The maximum absolute atomic E-state index is 13.9. The molecule has 3 aromatic rings. The van der Waals surface area contributed by atoms with Crippen LogP contribution in [-0.2, 0) is 0 Å². The molecule has 2 aliphatic rings. The molecule has 2 aliphatic carbocycles. The van der Waals surface area contributed by atoms with Crippen molar-refractivity contribution >= 4 is 16.8 Å². The second-order valence-corrected chi connectivity index (χ2v) is 9.29. The maximum Gasteiger partial charge on any atom is 0.270 e. The predicted octanol–water partition coefficient (Wildman–Crippen LogP) is 4.98. The van der Waals surface area contributed by atoms with Crippen molar-refractivity contribution in [2.45, 2.75) is 44.6 Å². The van der Waals surface area contributed by atoms with Crippen LogP contribution in [0.5, 0.6) is 0 Å². The number of hydrogen-bond donors (Lipinski definition) is 1. The highest BCUT2D eigenvalue weighted by atomic mass is 19.1. The van der Waals surface area contributed by atoms with Crippen molar-refractivity contribution in [3.63, 3.8) is 0 Å². The van der Waals surface area contributed by atoms with Gasteiger partial charge in [0.15, 0.2) is 0 Å². The monoisotopic (exact) mass is 428 g/mol. The number of benzene rings is 1. The third-order valence-electron chi connectivity index (χ3n) is 7.42. The molecule has 5 atom stereocenters. The number of nitriles is 1. The van der Waals surface area contributed by atoms with Crippen LogP contribution in [-0.4, -0.2) is 21.9 Å². The van der Waals surface area contributed by atoms with Crippen molar-refractivity contribution in [3.8, 4) is 6.07 Å². The van der Waals surface area contributed by atoms with Crippen LogP contribution in [0, 0.1) is 34.9 Å². The number of amides is 1. The molecule has 5 rings (SSSR count). The van der Waals surface area contributed by atoms with E-state index in [1.54, 1.807) is 24.3 Å². The van der Waals surface area contributed by atoms with Gasteiger partial charge in [0, 0.05) is 23.8 Å². The fourth-order valence-electron chi connectivity index (χ4n) is 5.81. The van der Waals surface area contributed by atoms with Crippen LogP contribution in [0.4, 0.5) is 4.39 Å². The van der Waals surface area contributed by atoms with Crippen LogP contribution >= 0.6 is 0 Å². The van der Waals surface area contributed by atoms with Crippen LogP contribution in [0.15, 0.2) is 48.8 Å². The minimum atomic E-state index is -0.216. The van der Waals surface area contributed by atoms with Gasteiger partial charge in [-0.25, -0.2) is 9.37 Å². The number of halogens is 1. The molecule has 2 fully saturated rings. The SMILES string of the molecule is CC(NC(=O)c1ccc(C#N)cn1)[C@H]1CC2CC(c3ccnc4ccc(F)cc34)C[C@H]2C1. The molecule has 0 aliphatic heterocycles. The molecule has 6 heteroatoms. The summed E-state index contributed by atoms with van der Waals surface area (Å²) in [5, 5.41) is 12.9. The lowest BCUT2D eigenvalue weighted by molar-refractivity contribution is 0.0920. The van der Waals surface area contributed by atoms with Crippen molar-refractivity contribution in [2.24, 2.45) is 17.8 Å². The van der Waals surface area contributed by atoms with E-state index in [1.165, 1.54) is 17.8 Å². The summed E-state index contributed by atoms with van der Waals surface area (Å²) in [5.41, 5.74) is 2.85. The van der Waals surface area contributed by atoms with Gasteiger partial charge in [0.1, 0.15) is 17.6 Å². The molecule has 3 unspecified atom stereocenters. The first-order valence-corrected chi connectivity index (χ1v) is 11.2. The van der Waals surface area contributed by atoms with Gasteiger partial charge in [-0.3, -0.25) is 9.78 Å². The Balaban J connectivity index is 1.23. The van der Waals surface area contributed by atoms with E-state index in [1.807, 2.05) is 12.3 Å². The van der Waals surface area contributed by atoms with Crippen LogP contribution < -0.4 is 5.32 Å². The van der Waals surface area contributed by atoms with E-state index >= 15 is 0 Å². The van der Waals surface area contributed by atoms with E-state index in [4.69, 9.17) is 5.26 Å². The number of aromatic nitrogens is 2. The molecule has 2 aromatic heterocycles. The Morgan fingerprint density at radius 1 is 1.12 bits per heavy atom. The molecule has 162 valence electrons. The Kier molecular flexibility index (Phi) is 5.34. The summed E-state index contributed by atoms with van der Waals surface area (Å²) in [5.74, 6) is 1.74. The number of carbonyl (C=O) groups excluding carboxylic acids is 1. The van der Waals surface area contributed by atoms with Gasteiger partial charge in [-0.05, 0) is 98.2 Å². The number of nitrogens with one attached hydrogen (secondary N) is 1. The molecular weight excluding hydrogens is 403 g/mol. The molecule has 2 heterocycles. The minimum absolute atomic E-state index is 0.0693. The first-order valence-electron chi connectivity index (χ1n) is 11.2. The van der Waals surface area contributed by atoms with Crippen LogP contribution in [0.2, 0.25) is 0 Å². The van der Waals surface area contributed by atoms with Gasteiger partial charge >= 0.3 is 0 Å². The molecule has 0 radical (unpaired) electrons. The molecule has 5 nitrogen and oxygen atoms in total. The number of hydrogen-bond acceptors (Lipinski definition) is 4. The van der Waals surface area contributed by atoms with Gasteiger partial charge in [-0.15, -0.1) is 0 Å². The first-order chi connectivity index (χ1) is 15.5. The highest BCUT2D eigenvalue weighted by Gasteiger charge is 2.44. The first kappa shape index (κ1) is 20.6. The maximum atomic E-state index is 13.9. The number of pyridine rings is 2. The molecule has 1 N–H and O–H groups in total. The summed E-state index contributed by atoms with van der Waals surface area (Å²) in [6, 6.07) is 12.2. The summed E-state index contributed by atoms with van der Waals surface area (Å²) in [4.78, 5) is 21.0. The largest absolute Gasteiger partial charge is 0.348 e. The van der Waals surface area contributed by atoms with Gasteiger partial charge in [0.2, 0.25) is 0 Å². The molecule has 32 heavy (non-hydrogen) atoms. The lowest BCUT2D eigenvalue weighted by Crippen LogP contribution is -2.37. The number of nitrogens with zero attached hydrogens (tertiary/aromatic N) is 3. The fourth-order valence-corrected chi connectivity index (χ4v) is 5.81. The van der Waals surface area contributed by atoms with E-state index in [0.717, 1.165) is 36.6 Å². The predicted molar refractivity (Wildman–Crippen MR) is 119 cm³/mol. The molecular formula is C26H25FN4O. The molecule has 0 bridgehead atoms. The topological polar surface area (TPSA) is 78.7 Å². The molecule has 0 saturated heterocycles. The number of fused-ring (bicyclic) bond motifs is 2. The van der Waals surface area contributed by atoms with Crippen molar-refractivity contribution in [2.75, 3.05) is 0 Å². The zero-order valence-electron chi connectivity index (χ0n) is 18.0. The van der Waals surface area contributed by atoms with Crippen molar-refractivity contribution < 1.29 is 9.18 Å². The number of rotatable bonds is 4. The Morgan fingerprint density at radius 3 is 2.59 bits per heavy atom. The van der Waals surface area contributed by atoms with Gasteiger partial charge in [-0.1, -0.05) is 0 Å². The van der Waals surface area contributed by atoms with E-state index in [9.17, 15) is 9.18 Å². The Morgan fingerprint density at radius 2 is 1.91 bits per heavy atom. The van der Waals surface area contributed by atoms with E-state index < -0.39 is 0 Å². The van der Waals surface area contributed by atoms with E-state index in [0.29, 0.717) is 34.9 Å². The van der Waals surface area contributed by atoms with Gasteiger partial charge in [0.25, 0.3) is 5.91 Å². The lowest BCUT2D eigenvalue weighted by atomic mass is 9.88.